The minimum Gasteiger partial charge on any atom is -0.388 e. The lowest BCUT2D eigenvalue weighted by Gasteiger charge is -2.36. The molecule has 2 atom stereocenters. The SMILES string of the molecule is OC1(CCNCc2ccccc2)CCCCC1Cl. The number of nitrogens with one attached hydrogen (secondary N) is 1. The smallest absolute Gasteiger partial charge is 0.0822 e. The van der Waals surface area contributed by atoms with Crippen LogP contribution in [0.15, 0.2) is 30.3 Å². The topological polar surface area (TPSA) is 32.3 Å². The van der Waals surface area contributed by atoms with Crippen LogP contribution < -0.4 is 5.32 Å². The first-order valence-electron chi connectivity index (χ1n) is 6.82. The molecule has 0 aromatic heterocycles. The van der Waals surface area contributed by atoms with Crippen LogP contribution in [0.1, 0.15) is 37.7 Å². The van der Waals surface area contributed by atoms with E-state index < -0.39 is 5.60 Å². The fourth-order valence-electron chi connectivity index (χ4n) is 2.60. The van der Waals surface area contributed by atoms with Crippen molar-refractivity contribution in [3.63, 3.8) is 0 Å². The predicted octanol–water partition coefficient (Wildman–Crippen LogP) is 3.08. The summed E-state index contributed by atoms with van der Waals surface area (Å²) in [6.07, 6.45) is 4.77. The Balaban J connectivity index is 1.71. The molecular formula is C15H22ClNO. The van der Waals surface area contributed by atoms with E-state index in [1.165, 1.54) is 5.56 Å². The molecular weight excluding hydrogens is 246 g/mol. The van der Waals surface area contributed by atoms with Crippen LogP contribution in [0.2, 0.25) is 0 Å². The van der Waals surface area contributed by atoms with Crippen molar-refractivity contribution in [3.8, 4) is 0 Å². The lowest BCUT2D eigenvalue weighted by atomic mass is 9.82. The molecule has 1 aliphatic carbocycles. The van der Waals surface area contributed by atoms with Gasteiger partial charge in [-0.2, -0.15) is 0 Å². The van der Waals surface area contributed by atoms with Gasteiger partial charge in [-0.05, 0) is 31.4 Å². The van der Waals surface area contributed by atoms with E-state index in [4.69, 9.17) is 11.6 Å². The highest BCUT2D eigenvalue weighted by atomic mass is 35.5. The minimum absolute atomic E-state index is 0.0789. The second-order valence-electron chi connectivity index (χ2n) is 5.23. The summed E-state index contributed by atoms with van der Waals surface area (Å²) in [4.78, 5) is 0. The number of benzene rings is 1. The minimum atomic E-state index is -0.663. The van der Waals surface area contributed by atoms with E-state index in [0.29, 0.717) is 0 Å². The molecule has 1 aliphatic rings. The molecule has 2 unspecified atom stereocenters. The van der Waals surface area contributed by atoms with Gasteiger partial charge in [0.2, 0.25) is 0 Å². The summed E-state index contributed by atoms with van der Waals surface area (Å²) in [7, 11) is 0. The van der Waals surface area contributed by atoms with Crippen LogP contribution >= 0.6 is 11.6 Å². The van der Waals surface area contributed by atoms with Gasteiger partial charge in [0.1, 0.15) is 0 Å². The van der Waals surface area contributed by atoms with Crippen LogP contribution in [-0.4, -0.2) is 22.6 Å². The first-order valence-corrected chi connectivity index (χ1v) is 7.25. The Bertz CT molecular complexity index is 357. The Kier molecular flexibility index (Phi) is 5.04. The zero-order chi connectivity index (χ0) is 12.8. The fraction of sp³-hybridized carbons (Fsp3) is 0.600. The highest BCUT2D eigenvalue weighted by molar-refractivity contribution is 6.21. The second-order valence-corrected chi connectivity index (χ2v) is 5.76. The van der Waals surface area contributed by atoms with Crippen LogP contribution in [0.5, 0.6) is 0 Å². The maximum Gasteiger partial charge on any atom is 0.0822 e. The van der Waals surface area contributed by atoms with Gasteiger partial charge in [0.25, 0.3) is 0 Å². The molecule has 100 valence electrons. The van der Waals surface area contributed by atoms with E-state index in [9.17, 15) is 5.11 Å². The van der Waals surface area contributed by atoms with Crippen molar-refractivity contribution in [1.82, 2.24) is 5.32 Å². The standard InChI is InChI=1S/C15H22ClNO/c16-14-8-4-5-9-15(14,18)10-11-17-12-13-6-2-1-3-7-13/h1-3,6-7,14,17-18H,4-5,8-12H2. The van der Waals surface area contributed by atoms with Gasteiger partial charge in [0.05, 0.1) is 11.0 Å². The molecule has 0 saturated heterocycles. The average Bonchev–Trinajstić information content (AvgIpc) is 2.40. The summed E-state index contributed by atoms with van der Waals surface area (Å²) in [5.41, 5.74) is 0.610. The van der Waals surface area contributed by atoms with Crippen molar-refractivity contribution < 1.29 is 5.11 Å². The molecule has 0 amide bonds. The van der Waals surface area contributed by atoms with Gasteiger partial charge >= 0.3 is 0 Å². The maximum atomic E-state index is 10.5. The Labute approximate surface area is 114 Å². The number of halogens is 1. The van der Waals surface area contributed by atoms with E-state index in [0.717, 1.165) is 45.2 Å². The molecule has 2 nitrogen and oxygen atoms in total. The lowest BCUT2D eigenvalue weighted by molar-refractivity contribution is 0.000904. The van der Waals surface area contributed by atoms with Crippen molar-refractivity contribution in [2.75, 3.05) is 6.54 Å². The molecule has 0 aliphatic heterocycles. The van der Waals surface area contributed by atoms with Crippen molar-refractivity contribution in [3.05, 3.63) is 35.9 Å². The molecule has 0 spiro atoms. The molecule has 1 fully saturated rings. The molecule has 0 radical (unpaired) electrons. The van der Waals surface area contributed by atoms with Gasteiger partial charge in [-0.25, -0.2) is 0 Å². The van der Waals surface area contributed by atoms with Crippen LogP contribution in [0.25, 0.3) is 0 Å². The van der Waals surface area contributed by atoms with Gasteiger partial charge in [-0.15, -0.1) is 11.6 Å². The Morgan fingerprint density at radius 2 is 2.06 bits per heavy atom. The first-order chi connectivity index (χ1) is 8.71. The Hall–Kier alpha value is -0.570. The van der Waals surface area contributed by atoms with Crippen molar-refractivity contribution in [1.29, 1.82) is 0 Å². The highest BCUT2D eigenvalue weighted by Gasteiger charge is 2.36. The van der Waals surface area contributed by atoms with Crippen LogP contribution in [0.4, 0.5) is 0 Å². The quantitative estimate of drug-likeness (QED) is 0.635. The number of hydrogen-bond donors (Lipinski definition) is 2. The molecule has 1 saturated carbocycles. The van der Waals surface area contributed by atoms with Gasteiger partial charge < -0.3 is 10.4 Å². The third-order valence-corrected chi connectivity index (χ3v) is 4.43. The molecule has 3 heteroatoms. The Morgan fingerprint density at radius 1 is 1.28 bits per heavy atom. The highest BCUT2D eigenvalue weighted by Crippen LogP contribution is 2.34. The molecule has 0 heterocycles. The third-order valence-electron chi connectivity index (χ3n) is 3.81. The molecule has 2 N–H and O–H groups in total. The summed E-state index contributed by atoms with van der Waals surface area (Å²) in [6, 6.07) is 10.3. The molecule has 0 bridgehead atoms. The van der Waals surface area contributed by atoms with Gasteiger partial charge in [0, 0.05) is 6.54 Å². The normalized spacial score (nSPS) is 28.2. The van der Waals surface area contributed by atoms with Gasteiger partial charge in [-0.1, -0.05) is 43.2 Å². The van der Waals surface area contributed by atoms with E-state index in [1.54, 1.807) is 0 Å². The van der Waals surface area contributed by atoms with E-state index in [2.05, 4.69) is 17.4 Å². The van der Waals surface area contributed by atoms with Crippen LogP contribution in [-0.2, 0) is 6.54 Å². The lowest BCUT2D eigenvalue weighted by Crippen LogP contribution is -2.43. The van der Waals surface area contributed by atoms with Gasteiger partial charge in [0.15, 0.2) is 0 Å². The number of hydrogen-bond acceptors (Lipinski definition) is 2. The van der Waals surface area contributed by atoms with Crippen molar-refractivity contribution in [2.24, 2.45) is 0 Å². The zero-order valence-corrected chi connectivity index (χ0v) is 11.5. The summed E-state index contributed by atoms with van der Waals surface area (Å²) >= 11 is 6.24. The molecule has 1 aromatic rings. The third kappa shape index (κ3) is 3.71. The average molecular weight is 268 g/mol. The summed E-state index contributed by atoms with van der Waals surface area (Å²) in [5, 5.41) is 13.8. The summed E-state index contributed by atoms with van der Waals surface area (Å²) < 4.78 is 0. The largest absolute Gasteiger partial charge is 0.388 e. The van der Waals surface area contributed by atoms with Gasteiger partial charge in [-0.3, -0.25) is 0 Å². The number of alkyl halides is 1. The van der Waals surface area contributed by atoms with E-state index in [-0.39, 0.29) is 5.38 Å². The summed E-state index contributed by atoms with van der Waals surface area (Å²) in [6.45, 7) is 1.67. The monoisotopic (exact) mass is 267 g/mol. The van der Waals surface area contributed by atoms with Crippen molar-refractivity contribution >= 4 is 11.6 Å². The second kappa shape index (κ2) is 6.55. The van der Waals surface area contributed by atoms with Crippen molar-refractivity contribution in [2.45, 2.75) is 49.6 Å². The molecule has 1 aromatic carbocycles. The maximum absolute atomic E-state index is 10.5. The fourth-order valence-corrected chi connectivity index (χ4v) is 2.97. The van der Waals surface area contributed by atoms with Crippen LogP contribution in [0.3, 0.4) is 0 Å². The predicted molar refractivity (Wildman–Crippen MR) is 75.8 cm³/mol. The zero-order valence-electron chi connectivity index (χ0n) is 10.7. The first kappa shape index (κ1) is 13.9. The van der Waals surface area contributed by atoms with E-state index in [1.807, 2.05) is 18.2 Å². The number of rotatable bonds is 5. The Morgan fingerprint density at radius 3 is 2.78 bits per heavy atom. The van der Waals surface area contributed by atoms with E-state index >= 15 is 0 Å². The van der Waals surface area contributed by atoms with Crippen LogP contribution in [0, 0.1) is 0 Å². The summed E-state index contributed by atoms with van der Waals surface area (Å²) in [5.74, 6) is 0. The molecule has 2 rings (SSSR count). The number of aliphatic hydroxyl groups is 1. The molecule has 18 heavy (non-hydrogen) atoms.